The molecule has 2 rings (SSSR count). The lowest BCUT2D eigenvalue weighted by atomic mass is 10.1. The Labute approximate surface area is 119 Å². The maximum absolute atomic E-state index is 9.10. The molecule has 19 heavy (non-hydrogen) atoms. The molecule has 0 saturated heterocycles. The maximum Gasteiger partial charge on any atom is 0.101 e. The van der Waals surface area contributed by atoms with Gasteiger partial charge in [-0.3, -0.25) is 0 Å². The van der Waals surface area contributed by atoms with E-state index in [-0.39, 0.29) is 0 Å². The highest BCUT2D eigenvalue weighted by Crippen LogP contribution is 2.28. The number of nitrogens with zero attached hydrogens (tertiary/aromatic N) is 2. The summed E-state index contributed by atoms with van der Waals surface area (Å²) in [6, 6.07) is 14.6. The topological polar surface area (TPSA) is 85.6 Å². The van der Waals surface area contributed by atoms with Gasteiger partial charge in [-0.1, -0.05) is 22.0 Å². The van der Waals surface area contributed by atoms with E-state index in [9.17, 15) is 0 Å². The number of halogens is 1. The van der Waals surface area contributed by atoms with Crippen LogP contribution in [0.25, 0.3) is 0 Å². The second-order valence-electron chi connectivity index (χ2n) is 3.81. The monoisotopic (exact) mass is 312 g/mol. The van der Waals surface area contributed by atoms with Crippen LogP contribution in [0.15, 0.2) is 40.9 Å². The molecule has 4 nitrogen and oxygen atoms in total. The van der Waals surface area contributed by atoms with Crippen LogP contribution in [0.3, 0.4) is 0 Å². The van der Waals surface area contributed by atoms with E-state index < -0.39 is 0 Å². The zero-order valence-electron chi connectivity index (χ0n) is 9.81. The quantitative estimate of drug-likeness (QED) is 0.831. The van der Waals surface area contributed by atoms with Crippen molar-refractivity contribution in [1.29, 1.82) is 10.5 Å². The predicted molar refractivity (Wildman–Crippen MR) is 77.7 cm³/mol. The molecule has 2 aromatic carbocycles. The van der Waals surface area contributed by atoms with Crippen molar-refractivity contribution in [2.75, 3.05) is 11.1 Å². The molecule has 92 valence electrons. The van der Waals surface area contributed by atoms with Crippen LogP contribution in [0.2, 0.25) is 0 Å². The van der Waals surface area contributed by atoms with Crippen LogP contribution in [0.1, 0.15) is 11.1 Å². The lowest BCUT2D eigenvalue weighted by molar-refractivity contribution is 1.44. The molecule has 0 aliphatic carbocycles. The number of benzene rings is 2. The summed E-state index contributed by atoms with van der Waals surface area (Å²) < 4.78 is 0.827. The van der Waals surface area contributed by atoms with Gasteiger partial charge in [0.1, 0.15) is 12.1 Å². The van der Waals surface area contributed by atoms with Crippen molar-refractivity contribution in [3.63, 3.8) is 0 Å². The fourth-order valence-electron chi connectivity index (χ4n) is 1.63. The molecule has 0 aliphatic heterocycles. The number of nitrogen functional groups attached to an aromatic ring is 1. The minimum absolute atomic E-state index is 0.372. The van der Waals surface area contributed by atoms with E-state index in [1.54, 1.807) is 30.3 Å². The molecule has 0 radical (unpaired) electrons. The van der Waals surface area contributed by atoms with Crippen LogP contribution >= 0.6 is 15.9 Å². The molecule has 0 spiro atoms. The van der Waals surface area contributed by atoms with Crippen LogP contribution in [0.4, 0.5) is 17.1 Å². The molecule has 2 aromatic rings. The average molecular weight is 313 g/mol. The fourth-order valence-corrected chi connectivity index (χ4v) is 2.00. The summed E-state index contributed by atoms with van der Waals surface area (Å²) in [5.41, 5.74) is 8.41. The van der Waals surface area contributed by atoms with Crippen LogP contribution < -0.4 is 11.1 Å². The van der Waals surface area contributed by atoms with Crippen molar-refractivity contribution in [2.24, 2.45) is 0 Å². The van der Waals surface area contributed by atoms with Crippen molar-refractivity contribution >= 4 is 33.0 Å². The molecular weight excluding hydrogens is 304 g/mol. The smallest absolute Gasteiger partial charge is 0.101 e. The first-order valence-corrected chi connectivity index (χ1v) is 6.20. The Morgan fingerprint density at radius 3 is 2.42 bits per heavy atom. The van der Waals surface area contributed by atoms with E-state index in [1.807, 2.05) is 12.1 Å². The molecule has 0 fully saturated rings. The Bertz CT molecular complexity index is 710. The average Bonchev–Trinajstić information content (AvgIpc) is 2.42. The number of para-hydroxylation sites is 1. The van der Waals surface area contributed by atoms with Gasteiger partial charge in [0.25, 0.3) is 0 Å². The van der Waals surface area contributed by atoms with Crippen LogP contribution in [-0.2, 0) is 0 Å². The zero-order valence-corrected chi connectivity index (χ0v) is 11.4. The van der Waals surface area contributed by atoms with E-state index in [2.05, 4.69) is 27.3 Å². The number of nitrogens with two attached hydrogens (primary N) is 1. The molecule has 0 heterocycles. The van der Waals surface area contributed by atoms with Gasteiger partial charge < -0.3 is 11.1 Å². The van der Waals surface area contributed by atoms with Gasteiger partial charge in [-0.25, -0.2) is 0 Å². The molecule has 0 aliphatic rings. The molecule has 0 amide bonds. The fraction of sp³-hybridized carbons (Fsp3) is 0. The highest BCUT2D eigenvalue weighted by molar-refractivity contribution is 9.10. The Hall–Kier alpha value is -2.50. The minimum Gasteiger partial charge on any atom is -0.396 e. The summed E-state index contributed by atoms with van der Waals surface area (Å²) in [6.45, 7) is 0. The molecule has 0 unspecified atom stereocenters. The molecule has 3 N–H and O–H groups in total. The van der Waals surface area contributed by atoms with Gasteiger partial charge in [0.15, 0.2) is 0 Å². The summed E-state index contributed by atoms with van der Waals surface area (Å²) >= 11 is 3.31. The Balaban J connectivity index is 2.43. The van der Waals surface area contributed by atoms with Gasteiger partial charge in [-0.05, 0) is 30.3 Å². The van der Waals surface area contributed by atoms with Crippen LogP contribution in [-0.4, -0.2) is 0 Å². The van der Waals surface area contributed by atoms with Crippen LogP contribution in [0, 0.1) is 22.7 Å². The number of hydrogen-bond donors (Lipinski definition) is 2. The number of rotatable bonds is 2. The number of hydrogen-bond acceptors (Lipinski definition) is 4. The van der Waals surface area contributed by atoms with Crippen LogP contribution in [0.5, 0.6) is 0 Å². The summed E-state index contributed by atoms with van der Waals surface area (Å²) in [5.74, 6) is 0. The standard InChI is InChI=1S/C14H9BrN4/c15-11-4-5-12(10(6-11)8-17)19-13-3-1-2-9(7-16)14(13)18/h1-6,19H,18H2. The van der Waals surface area contributed by atoms with Gasteiger partial charge in [-0.15, -0.1) is 0 Å². The van der Waals surface area contributed by atoms with E-state index in [1.165, 1.54) is 0 Å². The summed E-state index contributed by atoms with van der Waals surface area (Å²) in [7, 11) is 0. The van der Waals surface area contributed by atoms with Crippen molar-refractivity contribution < 1.29 is 0 Å². The van der Waals surface area contributed by atoms with E-state index in [4.69, 9.17) is 16.3 Å². The van der Waals surface area contributed by atoms with Crippen molar-refractivity contribution in [2.45, 2.75) is 0 Å². The SMILES string of the molecule is N#Cc1cc(Br)ccc1Nc1cccc(C#N)c1N. The molecule has 5 heteroatoms. The van der Waals surface area contributed by atoms with Gasteiger partial charge in [0, 0.05) is 4.47 Å². The van der Waals surface area contributed by atoms with E-state index in [0.29, 0.717) is 28.2 Å². The van der Waals surface area contributed by atoms with Crippen molar-refractivity contribution in [3.05, 3.63) is 52.0 Å². The first-order valence-electron chi connectivity index (χ1n) is 5.41. The van der Waals surface area contributed by atoms with E-state index >= 15 is 0 Å². The third-order valence-electron chi connectivity index (χ3n) is 2.60. The third-order valence-corrected chi connectivity index (χ3v) is 3.09. The minimum atomic E-state index is 0.372. The summed E-state index contributed by atoms with van der Waals surface area (Å²) in [4.78, 5) is 0. The summed E-state index contributed by atoms with van der Waals surface area (Å²) in [5, 5.41) is 21.1. The highest BCUT2D eigenvalue weighted by atomic mass is 79.9. The molecular formula is C14H9BrN4. The molecule has 0 aromatic heterocycles. The zero-order chi connectivity index (χ0) is 13.8. The molecule has 0 atom stereocenters. The third kappa shape index (κ3) is 2.67. The second-order valence-corrected chi connectivity index (χ2v) is 4.72. The maximum atomic E-state index is 9.10. The summed E-state index contributed by atoms with van der Waals surface area (Å²) in [6.07, 6.45) is 0. The molecule has 0 bridgehead atoms. The first-order chi connectivity index (χ1) is 9.15. The predicted octanol–water partition coefficient (Wildman–Crippen LogP) is 3.52. The Morgan fingerprint density at radius 2 is 1.74 bits per heavy atom. The Kier molecular flexibility index (Phi) is 3.70. The van der Waals surface area contributed by atoms with Gasteiger partial charge in [0.05, 0.1) is 28.2 Å². The van der Waals surface area contributed by atoms with E-state index in [0.717, 1.165) is 4.47 Å². The molecule has 0 saturated carbocycles. The van der Waals surface area contributed by atoms with Gasteiger partial charge in [0.2, 0.25) is 0 Å². The number of nitriles is 2. The van der Waals surface area contributed by atoms with Gasteiger partial charge in [-0.2, -0.15) is 10.5 Å². The van der Waals surface area contributed by atoms with Crippen molar-refractivity contribution in [3.8, 4) is 12.1 Å². The first kappa shape index (κ1) is 12.9. The Morgan fingerprint density at radius 1 is 1.00 bits per heavy atom. The lowest BCUT2D eigenvalue weighted by Gasteiger charge is -2.11. The van der Waals surface area contributed by atoms with Crippen molar-refractivity contribution in [1.82, 2.24) is 0 Å². The largest absolute Gasteiger partial charge is 0.396 e. The normalized spacial score (nSPS) is 9.42. The highest BCUT2D eigenvalue weighted by Gasteiger charge is 2.07. The number of nitrogens with one attached hydrogen (secondary N) is 1. The van der Waals surface area contributed by atoms with Gasteiger partial charge >= 0.3 is 0 Å². The lowest BCUT2D eigenvalue weighted by Crippen LogP contribution is -2.00. The second kappa shape index (κ2) is 5.43. The number of anilines is 3.